The van der Waals surface area contributed by atoms with Gasteiger partial charge in [0, 0.05) is 5.56 Å². The van der Waals surface area contributed by atoms with Crippen LogP contribution in [0.5, 0.6) is 5.75 Å². The molecule has 0 bridgehead atoms. The Bertz CT molecular complexity index is 1190. The van der Waals surface area contributed by atoms with E-state index in [1.54, 1.807) is 49.6 Å². The molecule has 0 aliphatic carbocycles. The summed E-state index contributed by atoms with van der Waals surface area (Å²) in [5, 5.41) is 9.06. The number of methoxy groups -OCH3 is 1. The lowest BCUT2D eigenvalue weighted by Gasteiger charge is -2.11. The molecule has 1 heterocycles. The highest BCUT2D eigenvalue weighted by atomic mass is 32.2. The SMILES string of the molecule is COc1cccc(C(=O)CSc2nnc(-c3ccccc3F)n2Cc2ccccc2)c1. The molecule has 156 valence electrons. The Morgan fingerprint density at radius 2 is 1.77 bits per heavy atom. The quantitative estimate of drug-likeness (QED) is 0.285. The van der Waals surface area contributed by atoms with Gasteiger partial charge in [-0.3, -0.25) is 9.36 Å². The summed E-state index contributed by atoms with van der Waals surface area (Å²) in [5.74, 6) is 0.819. The summed E-state index contributed by atoms with van der Waals surface area (Å²) in [7, 11) is 1.56. The Hall–Kier alpha value is -3.45. The largest absolute Gasteiger partial charge is 0.497 e. The summed E-state index contributed by atoms with van der Waals surface area (Å²) >= 11 is 1.28. The van der Waals surface area contributed by atoms with E-state index in [2.05, 4.69) is 10.2 Å². The lowest BCUT2D eigenvalue weighted by atomic mass is 10.1. The molecule has 0 saturated carbocycles. The summed E-state index contributed by atoms with van der Waals surface area (Å²) in [5.41, 5.74) is 1.97. The van der Waals surface area contributed by atoms with Gasteiger partial charge in [-0.1, -0.05) is 66.4 Å². The van der Waals surface area contributed by atoms with Gasteiger partial charge in [0.05, 0.1) is 25.0 Å². The standard InChI is InChI=1S/C24H20FN3O2S/c1-30-19-11-7-10-18(14-19)22(29)16-31-24-27-26-23(20-12-5-6-13-21(20)25)28(24)15-17-8-3-2-4-9-17/h2-14H,15-16H2,1H3. The highest BCUT2D eigenvalue weighted by Crippen LogP contribution is 2.27. The molecule has 0 N–H and O–H groups in total. The molecule has 5 nitrogen and oxygen atoms in total. The second-order valence-electron chi connectivity index (χ2n) is 6.80. The van der Waals surface area contributed by atoms with E-state index in [0.717, 1.165) is 5.56 Å². The Morgan fingerprint density at radius 3 is 2.55 bits per heavy atom. The van der Waals surface area contributed by atoms with Crippen molar-refractivity contribution in [3.63, 3.8) is 0 Å². The summed E-state index contributed by atoms with van der Waals surface area (Å²) in [4.78, 5) is 12.7. The number of carbonyl (C=O) groups excluding carboxylic acids is 1. The maximum absolute atomic E-state index is 14.5. The number of benzene rings is 3. The predicted molar refractivity (Wildman–Crippen MR) is 119 cm³/mol. The molecule has 4 aromatic rings. The minimum atomic E-state index is -0.367. The molecule has 0 amide bonds. The minimum Gasteiger partial charge on any atom is -0.497 e. The zero-order chi connectivity index (χ0) is 21.6. The molecular weight excluding hydrogens is 413 g/mol. The van der Waals surface area contributed by atoms with Gasteiger partial charge in [-0.05, 0) is 29.8 Å². The summed E-state index contributed by atoms with van der Waals surface area (Å²) in [6.07, 6.45) is 0. The number of halogens is 1. The number of carbonyl (C=O) groups is 1. The van der Waals surface area contributed by atoms with Crippen molar-refractivity contribution in [3.05, 3.63) is 95.8 Å². The molecule has 0 spiro atoms. The van der Waals surface area contributed by atoms with E-state index >= 15 is 0 Å². The van der Waals surface area contributed by atoms with Gasteiger partial charge < -0.3 is 4.74 Å². The molecule has 3 aromatic carbocycles. The summed E-state index contributed by atoms with van der Waals surface area (Å²) < 4.78 is 21.5. The molecule has 0 unspecified atom stereocenters. The van der Waals surface area contributed by atoms with Crippen LogP contribution in [0.3, 0.4) is 0 Å². The van der Waals surface area contributed by atoms with Gasteiger partial charge in [0.25, 0.3) is 0 Å². The highest BCUT2D eigenvalue weighted by Gasteiger charge is 2.19. The van der Waals surface area contributed by atoms with Crippen LogP contribution in [0.2, 0.25) is 0 Å². The maximum Gasteiger partial charge on any atom is 0.192 e. The predicted octanol–water partition coefficient (Wildman–Crippen LogP) is 5.12. The summed E-state index contributed by atoms with van der Waals surface area (Å²) in [6, 6.07) is 23.3. The average Bonchev–Trinajstić information content (AvgIpc) is 3.20. The Balaban J connectivity index is 1.62. The van der Waals surface area contributed by atoms with Crippen molar-refractivity contribution in [3.8, 4) is 17.1 Å². The number of nitrogens with zero attached hydrogens (tertiary/aromatic N) is 3. The number of thioether (sulfide) groups is 1. The number of hydrogen-bond donors (Lipinski definition) is 0. The number of Topliss-reactive ketones (excluding diaryl/α,β-unsaturated/α-hetero) is 1. The van der Waals surface area contributed by atoms with Crippen LogP contribution in [0, 0.1) is 5.82 Å². The smallest absolute Gasteiger partial charge is 0.192 e. The molecule has 0 saturated heterocycles. The van der Waals surface area contributed by atoms with Crippen LogP contribution in [-0.4, -0.2) is 33.4 Å². The topological polar surface area (TPSA) is 57.0 Å². The molecule has 0 radical (unpaired) electrons. The molecule has 0 fully saturated rings. The number of ether oxygens (including phenoxy) is 1. The first-order valence-electron chi connectivity index (χ1n) is 9.68. The first kappa shape index (κ1) is 20.8. The van der Waals surface area contributed by atoms with Crippen molar-refractivity contribution in [2.75, 3.05) is 12.9 Å². The van der Waals surface area contributed by atoms with Gasteiger partial charge in [-0.15, -0.1) is 10.2 Å². The van der Waals surface area contributed by atoms with Crippen LogP contribution >= 0.6 is 11.8 Å². The van der Waals surface area contributed by atoms with Gasteiger partial charge >= 0.3 is 0 Å². The number of hydrogen-bond acceptors (Lipinski definition) is 5. The van der Waals surface area contributed by atoms with Crippen LogP contribution in [0.4, 0.5) is 4.39 Å². The van der Waals surface area contributed by atoms with E-state index in [4.69, 9.17) is 4.74 Å². The first-order chi connectivity index (χ1) is 15.2. The lowest BCUT2D eigenvalue weighted by molar-refractivity contribution is 0.102. The summed E-state index contributed by atoms with van der Waals surface area (Å²) in [6.45, 7) is 0.465. The molecule has 4 rings (SSSR count). The zero-order valence-corrected chi connectivity index (χ0v) is 17.7. The second-order valence-corrected chi connectivity index (χ2v) is 7.74. The van der Waals surface area contributed by atoms with Crippen molar-refractivity contribution in [2.24, 2.45) is 0 Å². The molecule has 31 heavy (non-hydrogen) atoms. The molecular formula is C24H20FN3O2S. The van der Waals surface area contributed by atoms with E-state index in [1.165, 1.54) is 17.8 Å². The van der Waals surface area contributed by atoms with Crippen LogP contribution in [0.15, 0.2) is 84.0 Å². The molecule has 0 aliphatic rings. The van der Waals surface area contributed by atoms with Crippen molar-refractivity contribution >= 4 is 17.5 Å². The van der Waals surface area contributed by atoms with Gasteiger partial charge in [-0.2, -0.15) is 0 Å². The van der Waals surface area contributed by atoms with E-state index in [9.17, 15) is 9.18 Å². The third-order valence-electron chi connectivity index (χ3n) is 4.74. The third kappa shape index (κ3) is 4.83. The van der Waals surface area contributed by atoms with Crippen LogP contribution in [0.25, 0.3) is 11.4 Å². The lowest BCUT2D eigenvalue weighted by Crippen LogP contribution is -2.07. The van der Waals surface area contributed by atoms with E-state index < -0.39 is 0 Å². The zero-order valence-electron chi connectivity index (χ0n) is 16.9. The minimum absolute atomic E-state index is 0.0504. The van der Waals surface area contributed by atoms with Crippen molar-refractivity contribution in [2.45, 2.75) is 11.7 Å². The van der Waals surface area contributed by atoms with Crippen molar-refractivity contribution in [1.29, 1.82) is 0 Å². The maximum atomic E-state index is 14.5. The van der Waals surface area contributed by atoms with Crippen molar-refractivity contribution < 1.29 is 13.9 Å². The van der Waals surface area contributed by atoms with Crippen LogP contribution in [0.1, 0.15) is 15.9 Å². The Morgan fingerprint density at radius 1 is 1.00 bits per heavy atom. The molecule has 0 atom stereocenters. The van der Waals surface area contributed by atoms with Crippen LogP contribution in [-0.2, 0) is 6.54 Å². The van der Waals surface area contributed by atoms with Crippen molar-refractivity contribution in [1.82, 2.24) is 14.8 Å². The number of aromatic nitrogens is 3. The third-order valence-corrected chi connectivity index (χ3v) is 5.71. The normalized spacial score (nSPS) is 10.8. The number of ketones is 1. The van der Waals surface area contributed by atoms with Gasteiger partial charge in [0.15, 0.2) is 16.8 Å². The first-order valence-corrected chi connectivity index (χ1v) is 10.7. The molecule has 0 aliphatic heterocycles. The Kier molecular flexibility index (Phi) is 6.43. The van der Waals surface area contributed by atoms with Gasteiger partial charge in [-0.25, -0.2) is 4.39 Å². The monoisotopic (exact) mass is 433 g/mol. The van der Waals surface area contributed by atoms with E-state index in [1.807, 2.05) is 34.9 Å². The molecule has 7 heteroatoms. The van der Waals surface area contributed by atoms with Gasteiger partial charge in [0.2, 0.25) is 0 Å². The fraction of sp³-hybridized carbons (Fsp3) is 0.125. The number of rotatable bonds is 8. The second kappa shape index (κ2) is 9.57. The van der Waals surface area contributed by atoms with Gasteiger partial charge in [0.1, 0.15) is 11.6 Å². The van der Waals surface area contributed by atoms with E-state index in [0.29, 0.717) is 34.4 Å². The molecule has 1 aromatic heterocycles. The Labute approximate surface area is 183 Å². The fourth-order valence-corrected chi connectivity index (χ4v) is 3.99. The average molecular weight is 434 g/mol. The fourth-order valence-electron chi connectivity index (χ4n) is 3.16. The van der Waals surface area contributed by atoms with E-state index in [-0.39, 0.29) is 17.4 Å². The highest BCUT2D eigenvalue weighted by molar-refractivity contribution is 7.99. The van der Waals surface area contributed by atoms with Crippen LogP contribution < -0.4 is 4.74 Å².